The first-order valence-electron chi connectivity index (χ1n) is 6.73. The number of sulfonamides is 1. The van der Waals surface area contributed by atoms with E-state index in [-0.39, 0.29) is 0 Å². The van der Waals surface area contributed by atoms with Crippen LogP contribution < -0.4 is 9.46 Å². The average molecular weight is 297 g/mol. The predicted octanol–water partition coefficient (Wildman–Crippen LogP) is 2.09. The lowest BCUT2D eigenvalue weighted by molar-refractivity contribution is 0.0981. The zero-order chi connectivity index (χ0) is 14.6. The molecule has 1 fully saturated rings. The molecule has 6 heteroatoms. The summed E-state index contributed by atoms with van der Waals surface area (Å²) in [7, 11) is -2.05. The summed E-state index contributed by atoms with van der Waals surface area (Å²) in [6.07, 6.45) is 4.14. The summed E-state index contributed by atoms with van der Waals surface area (Å²) in [4.78, 5) is 12.0. The molecule has 0 atom stereocenters. The molecule has 5 nitrogen and oxygen atoms in total. The van der Waals surface area contributed by atoms with Crippen molar-refractivity contribution in [3.63, 3.8) is 0 Å². The van der Waals surface area contributed by atoms with Gasteiger partial charge in [0.1, 0.15) is 5.75 Å². The Morgan fingerprint density at radius 3 is 2.30 bits per heavy atom. The average Bonchev–Trinajstić information content (AvgIpc) is 2.48. The highest BCUT2D eigenvalue weighted by Gasteiger charge is 2.28. The molecule has 0 bridgehead atoms. The summed E-state index contributed by atoms with van der Waals surface area (Å²) in [6, 6.07) is 6.35. The molecule has 110 valence electrons. The Balaban J connectivity index is 2.05. The van der Waals surface area contributed by atoms with E-state index >= 15 is 0 Å². The number of hydrogen-bond donors (Lipinski definition) is 1. The van der Waals surface area contributed by atoms with Crippen molar-refractivity contribution < 1.29 is 17.9 Å². The number of amides is 1. The number of benzene rings is 1. The molecule has 0 aromatic heterocycles. The molecule has 1 aromatic rings. The van der Waals surface area contributed by atoms with Gasteiger partial charge in [-0.3, -0.25) is 4.79 Å². The van der Waals surface area contributed by atoms with Crippen LogP contribution >= 0.6 is 0 Å². The van der Waals surface area contributed by atoms with Gasteiger partial charge in [0.05, 0.1) is 12.4 Å². The number of ether oxygens (including phenoxy) is 1. The molecule has 2 rings (SSSR count). The van der Waals surface area contributed by atoms with Gasteiger partial charge >= 0.3 is 0 Å². The fraction of sp³-hybridized carbons (Fsp3) is 0.500. The first kappa shape index (κ1) is 14.8. The molecule has 0 spiro atoms. The second-order valence-corrected chi connectivity index (χ2v) is 6.93. The number of nitrogens with one attached hydrogen (secondary N) is 1. The van der Waals surface area contributed by atoms with Crippen LogP contribution in [0, 0.1) is 0 Å². The van der Waals surface area contributed by atoms with Gasteiger partial charge in [-0.15, -0.1) is 0 Å². The summed E-state index contributed by atoms with van der Waals surface area (Å²) in [5.74, 6) is 0.0370. The van der Waals surface area contributed by atoms with E-state index in [4.69, 9.17) is 4.74 Å². The molecular weight excluding hydrogens is 278 g/mol. The molecule has 0 radical (unpaired) electrons. The van der Waals surface area contributed by atoms with Crippen molar-refractivity contribution in [1.29, 1.82) is 0 Å². The minimum atomic E-state index is -3.58. The molecule has 0 aliphatic heterocycles. The normalized spacial score (nSPS) is 16.6. The maximum absolute atomic E-state index is 12.1. The molecule has 1 aliphatic rings. The van der Waals surface area contributed by atoms with E-state index in [0.29, 0.717) is 24.2 Å². The molecule has 1 aliphatic carbocycles. The Kier molecular flexibility index (Phi) is 4.65. The van der Waals surface area contributed by atoms with E-state index < -0.39 is 21.2 Å². The van der Waals surface area contributed by atoms with Gasteiger partial charge in [-0.25, -0.2) is 13.1 Å². The lowest BCUT2D eigenvalue weighted by atomic mass is 10.0. The molecule has 1 saturated carbocycles. The summed E-state index contributed by atoms with van der Waals surface area (Å²) < 4.78 is 31.4. The van der Waals surface area contributed by atoms with E-state index in [1.807, 2.05) is 0 Å². The van der Waals surface area contributed by atoms with Crippen LogP contribution in [-0.2, 0) is 10.0 Å². The van der Waals surface area contributed by atoms with Crippen LogP contribution in [0.5, 0.6) is 5.75 Å². The largest absolute Gasteiger partial charge is 0.497 e. The van der Waals surface area contributed by atoms with E-state index in [9.17, 15) is 13.2 Å². The second-order valence-electron chi connectivity index (χ2n) is 4.96. The Labute approximate surface area is 119 Å². The van der Waals surface area contributed by atoms with Crippen molar-refractivity contribution in [1.82, 2.24) is 4.72 Å². The second kappa shape index (κ2) is 6.26. The van der Waals surface area contributed by atoms with Crippen molar-refractivity contribution in [3.05, 3.63) is 29.8 Å². The van der Waals surface area contributed by atoms with Crippen LogP contribution in [-0.4, -0.2) is 26.7 Å². The minimum Gasteiger partial charge on any atom is -0.497 e. The number of carbonyl (C=O) groups excluding carboxylic acids is 1. The molecule has 0 saturated heterocycles. The highest BCUT2D eigenvalue weighted by molar-refractivity contribution is 7.90. The summed E-state index contributed by atoms with van der Waals surface area (Å²) in [5, 5.41) is -0.446. The van der Waals surface area contributed by atoms with Crippen LogP contribution in [0.15, 0.2) is 24.3 Å². The monoisotopic (exact) mass is 297 g/mol. The molecule has 1 amide bonds. The van der Waals surface area contributed by atoms with Gasteiger partial charge in [0, 0.05) is 5.56 Å². The molecular formula is C14H19NO4S. The van der Waals surface area contributed by atoms with Gasteiger partial charge in [0.25, 0.3) is 5.91 Å². The third-order valence-corrected chi connectivity index (χ3v) is 5.40. The number of hydrogen-bond acceptors (Lipinski definition) is 4. The zero-order valence-corrected chi connectivity index (χ0v) is 12.3. The van der Waals surface area contributed by atoms with Crippen molar-refractivity contribution in [2.24, 2.45) is 0 Å². The van der Waals surface area contributed by atoms with Gasteiger partial charge < -0.3 is 4.74 Å². The minimum absolute atomic E-state index is 0.310. The van der Waals surface area contributed by atoms with Crippen LogP contribution in [0.25, 0.3) is 0 Å². The predicted molar refractivity (Wildman–Crippen MR) is 76.3 cm³/mol. The third-order valence-electron chi connectivity index (χ3n) is 3.58. The van der Waals surface area contributed by atoms with Crippen LogP contribution in [0.1, 0.15) is 42.5 Å². The van der Waals surface area contributed by atoms with Gasteiger partial charge in [-0.2, -0.15) is 0 Å². The van der Waals surface area contributed by atoms with E-state index in [2.05, 4.69) is 4.72 Å². The van der Waals surface area contributed by atoms with Crippen molar-refractivity contribution in [2.45, 2.75) is 37.4 Å². The Morgan fingerprint density at radius 2 is 1.75 bits per heavy atom. The van der Waals surface area contributed by atoms with E-state index in [1.54, 1.807) is 24.3 Å². The van der Waals surface area contributed by atoms with Crippen molar-refractivity contribution >= 4 is 15.9 Å². The molecule has 20 heavy (non-hydrogen) atoms. The van der Waals surface area contributed by atoms with Crippen LogP contribution in [0.3, 0.4) is 0 Å². The highest BCUT2D eigenvalue weighted by Crippen LogP contribution is 2.23. The Morgan fingerprint density at radius 1 is 1.15 bits per heavy atom. The topological polar surface area (TPSA) is 72.5 Å². The molecule has 1 aromatic carbocycles. The first-order valence-corrected chi connectivity index (χ1v) is 8.27. The van der Waals surface area contributed by atoms with Gasteiger partial charge in [0.15, 0.2) is 0 Å². The number of methoxy groups -OCH3 is 1. The molecule has 0 heterocycles. The first-order chi connectivity index (χ1) is 9.53. The van der Waals surface area contributed by atoms with Gasteiger partial charge in [-0.05, 0) is 37.1 Å². The maximum atomic E-state index is 12.1. The van der Waals surface area contributed by atoms with Crippen molar-refractivity contribution in [3.8, 4) is 5.75 Å². The SMILES string of the molecule is COc1ccc(C(=O)NS(=O)(=O)C2CCCCC2)cc1. The number of carbonyl (C=O) groups is 1. The van der Waals surface area contributed by atoms with Crippen molar-refractivity contribution in [2.75, 3.05) is 7.11 Å². The summed E-state index contributed by atoms with van der Waals surface area (Å²) >= 11 is 0. The zero-order valence-electron chi connectivity index (χ0n) is 11.5. The fourth-order valence-electron chi connectivity index (χ4n) is 2.39. The van der Waals surface area contributed by atoms with Gasteiger partial charge in [0.2, 0.25) is 10.0 Å². The van der Waals surface area contributed by atoms with E-state index in [0.717, 1.165) is 19.3 Å². The van der Waals surface area contributed by atoms with Crippen LogP contribution in [0.2, 0.25) is 0 Å². The smallest absolute Gasteiger partial charge is 0.264 e. The summed E-state index contributed by atoms with van der Waals surface area (Å²) in [6.45, 7) is 0. The van der Waals surface area contributed by atoms with Gasteiger partial charge in [-0.1, -0.05) is 19.3 Å². The highest BCUT2D eigenvalue weighted by atomic mass is 32.2. The van der Waals surface area contributed by atoms with E-state index in [1.165, 1.54) is 7.11 Å². The lowest BCUT2D eigenvalue weighted by Gasteiger charge is -2.21. The molecule has 0 unspecified atom stereocenters. The Hall–Kier alpha value is -1.56. The quantitative estimate of drug-likeness (QED) is 0.923. The molecule has 1 N–H and O–H groups in total. The lowest BCUT2D eigenvalue weighted by Crippen LogP contribution is -2.39. The summed E-state index contributed by atoms with van der Waals surface area (Å²) in [5.41, 5.74) is 0.310. The maximum Gasteiger partial charge on any atom is 0.264 e. The Bertz CT molecular complexity index is 559. The number of rotatable bonds is 4. The third kappa shape index (κ3) is 3.50. The van der Waals surface area contributed by atoms with Crippen LogP contribution in [0.4, 0.5) is 0 Å². The fourth-order valence-corrected chi connectivity index (χ4v) is 3.89. The standard InChI is InChI=1S/C14H19NO4S/c1-19-12-9-7-11(8-10-12)14(16)15-20(17,18)13-5-3-2-4-6-13/h7-10,13H,2-6H2,1H3,(H,15,16).